The van der Waals surface area contributed by atoms with Crippen molar-refractivity contribution in [2.75, 3.05) is 28.6 Å². The van der Waals surface area contributed by atoms with Crippen LogP contribution in [0.1, 0.15) is 42.6 Å². The first kappa shape index (κ1) is 21.8. The minimum absolute atomic E-state index is 0.0364. The SMILES string of the molecule is CC1(C)CN(c2ncc(C(=O)N(CC3CC3)c3cccc(C(F)(F)F)c3)c(N)n2)C(=O)N1. The third kappa shape index (κ3) is 4.46. The number of carbonyl (C=O) groups is 2. The highest BCUT2D eigenvalue weighted by Gasteiger charge is 2.38. The topological polar surface area (TPSA) is 104 Å². The van der Waals surface area contributed by atoms with Crippen molar-refractivity contribution in [2.45, 2.75) is 38.4 Å². The lowest BCUT2D eigenvalue weighted by atomic mass is 10.1. The number of benzene rings is 1. The van der Waals surface area contributed by atoms with Crippen LogP contribution in [0.3, 0.4) is 0 Å². The molecule has 1 saturated carbocycles. The Labute approximate surface area is 182 Å². The summed E-state index contributed by atoms with van der Waals surface area (Å²) in [6.07, 6.45) is -1.52. The van der Waals surface area contributed by atoms with Crippen LogP contribution in [-0.2, 0) is 6.18 Å². The average Bonchev–Trinajstić information content (AvgIpc) is 3.48. The van der Waals surface area contributed by atoms with Gasteiger partial charge < -0.3 is 16.0 Å². The van der Waals surface area contributed by atoms with Crippen LogP contribution >= 0.6 is 0 Å². The van der Waals surface area contributed by atoms with E-state index in [0.29, 0.717) is 6.54 Å². The third-order valence-electron chi connectivity index (χ3n) is 5.39. The van der Waals surface area contributed by atoms with Crippen molar-refractivity contribution in [3.05, 3.63) is 41.6 Å². The van der Waals surface area contributed by atoms with Crippen molar-refractivity contribution >= 4 is 29.4 Å². The fourth-order valence-electron chi connectivity index (χ4n) is 3.56. The van der Waals surface area contributed by atoms with Gasteiger partial charge in [0.15, 0.2) is 0 Å². The van der Waals surface area contributed by atoms with Crippen LogP contribution in [0.25, 0.3) is 0 Å². The molecule has 32 heavy (non-hydrogen) atoms. The number of alkyl halides is 3. The summed E-state index contributed by atoms with van der Waals surface area (Å²) < 4.78 is 39.6. The van der Waals surface area contributed by atoms with Crippen LogP contribution in [0.5, 0.6) is 0 Å². The number of hydrogen-bond donors (Lipinski definition) is 2. The van der Waals surface area contributed by atoms with Crippen molar-refractivity contribution < 1.29 is 22.8 Å². The average molecular weight is 448 g/mol. The highest BCUT2D eigenvalue weighted by Crippen LogP contribution is 2.35. The van der Waals surface area contributed by atoms with Crippen LogP contribution < -0.4 is 20.9 Å². The van der Waals surface area contributed by atoms with Crippen molar-refractivity contribution in [2.24, 2.45) is 5.92 Å². The number of amides is 3. The van der Waals surface area contributed by atoms with Crippen molar-refractivity contribution in [3.8, 4) is 0 Å². The molecule has 2 heterocycles. The maximum atomic E-state index is 13.3. The largest absolute Gasteiger partial charge is 0.416 e. The fraction of sp³-hybridized carbons (Fsp3) is 0.429. The summed E-state index contributed by atoms with van der Waals surface area (Å²) in [5.74, 6) is -0.475. The van der Waals surface area contributed by atoms with E-state index in [4.69, 9.17) is 5.73 Å². The van der Waals surface area contributed by atoms with E-state index in [1.165, 1.54) is 28.1 Å². The lowest BCUT2D eigenvalue weighted by molar-refractivity contribution is -0.137. The van der Waals surface area contributed by atoms with E-state index in [2.05, 4.69) is 15.3 Å². The molecule has 0 radical (unpaired) electrons. The maximum Gasteiger partial charge on any atom is 0.416 e. The summed E-state index contributed by atoms with van der Waals surface area (Å²) in [5.41, 5.74) is 4.80. The molecular weight excluding hydrogens is 425 g/mol. The molecule has 3 N–H and O–H groups in total. The Hall–Kier alpha value is -3.37. The Morgan fingerprint density at radius 3 is 2.62 bits per heavy atom. The Morgan fingerprint density at radius 2 is 2.06 bits per heavy atom. The number of nitrogens with two attached hydrogens (primary N) is 1. The smallest absolute Gasteiger partial charge is 0.383 e. The molecule has 0 bridgehead atoms. The van der Waals surface area contributed by atoms with E-state index in [1.807, 2.05) is 13.8 Å². The standard InChI is InChI=1S/C21H23F3N6O2/c1-20(2)11-30(19(32)28-20)18-26-9-15(16(25)27-18)17(31)29(10-12-6-7-12)14-5-3-4-13(8-14)21(22,23)24/h3-5,8-9,12H,6-7,10-11H2,1-2H3,(H,28,32)(H2,25,26,27). The Balaban J connectivity index is 1.64. The van der Waals surface area contributed by atoms with Crippen LogP contribution in [0, 0.1) is 5.92 Å². The second kappa shape index (κ2) is 7.64. The van der Waals surface area contributed by atoms with Gasteiger partial charge in [0.1, 0.15) is 11.4 Å². The molecule has 1 aliphatic carbocycles. The number of anilines is 3. The minimum atomic E-state index is -4.53. The molecule has 11 heteroatoms. The van der Waals surface area contributed by atoms with Gasteiger partial charge in [0.25, 0.3) is 5.91 Å². The molecule has 1 aliphatic heterocycles. The van der Waals surface area contributed by atoms with Gasteiger partial charge in [-0.25, -0.2) is 9.78 Å². The van der Waals surface area contributed by atoms with Gasteiger partial charge in [-0.2, -0.15) is 18.2 Å². The summed E-state index contributed by atoms with van der Waals surface area (Å²) in [6, 6.07) is 4.24. The van der Waals surface area contributed by atoms with Crippen LogP contribution in [-0.4, -0.2) is 40.5 Å². The number of halogens is 3. The second-order valence-corrected chi connectivity index (χ2v) is 8.78. The van der Waals surface area contributed by atoms with Gasteiger partial charge in [0.05, 0.1) is 17.6 Å². The molecule has 0 spiro atoms. The maximum absolute atomic E-state index is 13.3. The second-order valence-electron chi connectivity index (χ2n) is 8.78. The highest BCUT2D eigenvalue weighted by molar-refractivity contribution is 6.09. The molecule has 2 fully saturated rings. The molecule has 3 amide bonds. The van der Waals surface area contributed by atoms with E-state index >= 15 is 0 Å². The van der Waals surface area contributed by atoms with Crippen molar-refractivity contribution in [1.29, 1.82) is 0 Å². The first-order valence-electron chi connectivity index (χ1n) is 10.2. The number of carbonyl (C=O) groups excluding carboxylic acids is 2. The lowest BCUT2D eigenvalue weighted by Crippen LogP contribution is -2.36. The highest BCUT2D eigenvalue weighted by atomic mass is 19.4. The first-order valence-corrected chi connectivity index (χ1v) is 10.2. The van der Waals surface area contributed by atoms with Gasteiger partial charge in [-0.15, -0.1) is 0 Å². The molecule has 1 aromatic heterocycles. The minimum Gasteiger partial charge on any atom is -0.383 e. The summed E-state index contributed by atoms with van der Waals surface area (Å²) in [4.78, 5) is 36.3. The fourth-order valence-corrected chi connectivity index (χ4v) is 3.56. The number of rotatable bonds is 5. The number of aromatic nitrogens is 2. The number of hydrogen-bond acceptors (Lipinski definition) is 5. The molecule has 4 rings (SSSR count). The molecule has 0 atom stereocenters. The molecule has 170 valence electrons. The Kier molecular flexibility index (Phi) is 5.22. The van der Waals surface area contributed by atoms with Crippen LogP contribution in [0.2, 0.25) is 0 Å². The molecule has 0 unspecified atom stereocenters. The lowest BCUT2D eigenvalue weighted by Gasteiger charge is -2.24. The van der Waals surface area contributed by atoms with Gasteiger partial charge >= 0.3 is 12.2 Å². The summed E-state index contributed by atoms with van der Waals surface area (Å²) in [6.45, 7) is 4.27. The first-order chi connectivity index (χ1) is 14.9. The summed E-state index contributed by atoms with van der Waals surface area (Å²) >= 11 is 0. The molecule has 2 aliphatic rings. The third-order valence-corrected chi connectivity index (χ3v) is 5.39. The van der Waals surface area contributed by atoms with E-state index in [0.717, 1.165) is 25.0 Å². The zero-order valence-corrected chi connectivity index (χ0v) is 17.6. The zero-order valence-electron chi connectivity index (χ0n) is 17.6. The number of nitrogens with one attached hydrogen (secondary N) is 1. The van der Waals surface area contributed by atoms with Crippen LogP contribution in [0.4, 0.5) is 35.4 Å². The number of nitrogens with zero attached hydrogens (tertiary/aromatic N) is 4. The van der Waals surface area contributed by atoms with Gasteiger partial charge in [0, 0.05) is 18.4 Å². The quantitative estimate of drug-likeness (QED) is 0.729. The number of urea groups is 1. The molecule has 1 saturated heterocycles. The predicted octanol–water partition coefficient (Wildman–Crippen LogP) is 3.44. The van der Waals surface area contributed by atoms with Gasteiger partial charge in [-0.1, -0.05) is 6.07 Å². The van der Waals surface area contributed by atoms with Crippen molar-refractivity contribution in [1.82, 2.24) is 15.3 Å². The van der Waals surface area contributed by atoms with E-state index < -0.39 is 23.2 Å². The summed E-state index contributed by atoms with van der Waals surface area (Å²) in [5, 5.41) is 2.78. The van der Waals surface area contributed by atoms with Crippen molar-refractivity contribution in [3.63, 3.8) is 0 Å². The molecule has 2 aromatic rings. The summed E-state index contributed by atoms with van der Waals surface area (Å²) in [7, 11) is 0. The van der Waals surface area contributed by atoms with Gasteiger partial charge in [-0.3, -0.25) is 9.69 Å². The van der Waals surface area contributed by atoms with E-state index in [-0.39, 0.29) is 41.5 Å². The van der Waals surface area contributed by atoms with Crippen LogP contribution in [0.15, 0.2) is 30.5 Å². The van der Waals surface area contributed by atoms with Gasteiger partial charge in [-0.05, 0) is 50.8 Å². The van der Waals surface area contributed by atoms with E-state index in [1.54, 1.807) is 0 Å². The van der Waals surface area contributed by atoms with E-state index in [9.17, 15) is 22.8 Å². The molecule has 8 nitrogen and oxygen atoms in total. The predicted molar refractivity (Wildman–Crippen MR) is 112 cm³/mol. The molecular formula is C21H23F3N6O2. The molecule has 1 aromatic carbocycles. The zero-order chi connectivity index (χ0) is 23.3. The monoisotopic (exact) mass is 448 g/mol. The Morgan fingerprint density at radius 1 is 1.34 bits per heavy atom. The number of nitrogen functional groups attached to an aromatic ring is 1. The van der Waals surface area contributed by atoms with Gasteiger partial charge in [0.2, 0.25) is 5.95 Å². The Bertz CT molecular complexity index is 1070. The normalized spacial score (nSPS) is 17.9.